The summed E-state index contributed by atoms with van der Waals surface area (Å²) >= 11 is 0. The molecule has 1 aliphatic rings. The maximum atomic E-state index is 11.9. The second kappa shape index (κ2) is 6.87. The monoisotopic (exact) mass is 315 g/mol. The molecule has 1 unspecified atom stereocenters. The first-order valence-corrected chi connectivity index (χ1v) is 7.93. The molecule has 1 fully saturated rings. The SMILES string of the molecule is Cc1cc(=O)n(CCN2CCCC2Cn2ncccc2=O)cn1. The fourth-order valence-electron chi connectivity index (χ4n) is 3.04. The summed E-state index contributed by atoms with van der Waals surface area (Å²) in [7, 11) is 0. The van der Waals surface area contributed by atoms with Gasteiger partial charge in [0, 0.05) is 43.2 Å². The number of aromatic nitrogens is 4. The third-order valence-electron chi connectivity index (χ3n) is 4.31. The second-order valence-corrected chi connectivity index (χ2v) is 5.94. The number of likely N-dealkylation sites (tertiary alicyclic amines) is 1. The van der Waals surface area contributed by atoms with Crippen LogP contribution in [0.15, 0.2) is 40.3 Å². The molecule has 1 atom stereocenters. The van der Waals surface area contributed by atoms with E-state index in [1.54, 1.807) is 29.2 Å². The fraction of sp³-hybridized carbons (Fsp3) is 0.500. The van der Waals surface area contributed by atoms with Crippen LogP contribution in [-0.2, 0) is 13.1 Å². The Morgan fingerprint density at radius 1 is 1.26 bits per heavy atom. The van der Waals surface area contributed by atoms with Gasteiger partial charge in [0.25, 0.3) is 11.1 Å². The Balaban J connectivity index is 1.64. The predicted molar refractivity (Wildman–Crippen MR) is 86.3 cm³/mol. The topological polar surface area (TPSA) is 73.0 Å². The molecule has 2 aromatic heterocycles. The van der Waals surface area contributed by atoms with Crippen LogP contribution in [0.4, 0.5) is 0 Å². The third kappa shape index (κ3) is 3.73. The van der Waals surface area contributed by atoms with Crippen LogP contribution in [0, 0.1) is 6.92 Å². The van der Waals surface area contributed by atoms with Crippen LogP contribution >= 0.6 is 0 Å². The van der Waals surface area contributed by atoms with Crippen LogP contribution in [0.25, 0.3) is 0 Å². The Labute approximate surface area is 134 Å². The van der Waals surface area contributed by atoms with Gasteiger partial charge in [0.2, 0.25) is 0 Å². The molecule has 7 heteroatoms. The van der Waals surface area contributed by atoms with E-state index in [0.29, 0.717) is 13.1 Å². The summed E-state index contributed by atoms with van der Waals surface area (Å²) in [4.78, 5) is 30.2. The van der Waals surface area contributed by atoms with E-state index < -0.39 is 0 Å². The van der Waals surface area contributed by atoms with Gasteiger partial charge < -0.3 is 0 Å². The molecule has 1 saturated heterocycles. The second-order valence-electron chi connectivity index (χ2n) is 5.94. The van der Waals surface area contributed by atoms with Crippen LogP contribution in [0.2, 0.25) is 0 Å². The van der Waals surface area contributed by atoms with E-state index in [-0.39, 0.29) is 17.2 Å². The minimum atomic E-state index is -0.0710. The fourth-order valence-corrected chi connectivity index (χ4v) is 3.04. The molecule has 0 spiro atoms. The standard InChI is InChI=1S/C16H21N5O2/c1-13-10-16(23)20(12-17-13)9-8-19-7-3-4-14(19)11-21-15(22)5-2-6-18-21/h2,5-6,10,12,14H,3-4,7-9,11H2,1H3. The van der Waals surface area contributed by atoms with Crippen molar-refractivity contribution in [2.75, 3.05) is 13.1 Å². The molecule has 7 nitrogen and oxygen atoms in total. The summed E-state index contributed by atoms with van der Waals surface area (Å²) in [6.07, 6.45) is 5.39. The van der Waals surface area contributed by atoms with E-state index >= 15 is 0 Å². The number of rotatable bonds is 5. The van der Waals surface area contributed by atoms with Crippen molar-refractivity contribution >= 4 is 0 Å². The minimum Gasteiger partial charge on any atom is -0.298 e. The molecular weight excluding hydrogens is 294 g/mol. The smallest absolute Gasteiger partial charge is 0.266 e. The van der Waals surface area contributed by atoms with Crippen molar-refractivity contribution in [3.05, 3.63) is 57.1 Å². The molecule has 3 rings (SSSR count). The first kappa shape index (κ1) is 15.6. The molecule has 3 heterocycles. The Bertz CT molecular complexity index is 782. The number of hydrogen-bond donors (Lipinski definition) is 0. The van der Waals surface area contributed by atoms with Gasteiger partial charge in [0.15, 0.2) is 0 Å². The zero-order valence-electron chi connectivity index (χ0n) is 13.3. The van der Waals surface area contributed by atoms with Crippen molar-refractivity contribution in [2.45, 2.75) is 38.9 Å². The molecule has 0 saturated carbocycles. The van der Waals surface area contributed by atoms with Gasteiger partial charge in [-0.3, -0.25) is 19.1 Å². The lowest BCUT2D eigenvalue weighted by Gasteiger charge is -2.24. The van der Waals surface area contributed by atoms with Crippen LogP contribution in [0.5, 0.6) is 0 Å². The highest BCUT2D eigenvalue weighted by Gasteiger charge is 2.25. The highest BCUT2D eigenvalue weighted by atomic mass is 16.1. The molecule has 2 aromatic rings. The Morgan fingerprint density at radius 2 is 2.13 bits per heavy atom. The summed E-state index contributed by atoms with van der Waals surface area (Å²) in [5.74, 6) is 0. The van der Waals surface area contributed by atoms with Crippen LogP contribution in [0.1, 0.15) is 18.5 Å². The molecule has 1 aliphatic heterocycles. The van der Waals surface area contributed by atoms with Crippen LogP contribution in [-0.4, -0.2) is 43.4 Å². The Hall–Kier alpha value is -2.28. The average Bonchev–Trinajstić information content (AvgIpc) is 2.96. The highest BCUT2D eigenvalue weighted by Crippen LogP contribution is 2.17. The Kier molecular flexibility index (Phi) is 4.66. The van der Waals surface area contributed by atoms with Gasteiger partial charge in [-0.1, -0.05) is 0 Å². The van der Waals surface area contributed by atoms with Crippen LogP contribution < -0.4 is 11.1 Å². The minimum absolute atomic E-state index is 0.0193. The van der Waals surface area contributed by atoms with Gasteiger partial charge >= 0.3 is 0 Å². The maximum Gasteiger partial charge on any atom is 0.266 e. The van der Waals surface area contributed by atoms with Crippen molar-refractivity contribution in [1.82, 2.24) is 24.2 Å². The number of hydrogen-bond acceptors (Lipinski definition) is 5. The van der Waals surface area contributed by atoms with Crippen LogP contribution in [0.3, 0.4) is 0 Å². The summed E-state index contributed by atoms with van der Waals surface area (Å²) in [5, 5.41) is 4.13. The highest BCUT2D eigenvalue weighted by molar-refractivity contribution is 4.96. The quantitative estimate of drug-likeness (QED) is 0.792. The van der Waals surface area contributed by atoms with Crippen molar-refractivity contribution in [1.29, 1.82) is 0 Å². The lowest BCUT2D eigenvalue weighted by atomic mass is 10.2. The molecule has 0 aliphatic carbocycles. The van der Waals surface area contributed by atoms with E-state index in [1.165, 1.54) is 10.7 Å². The van der Waals surface area contributed by atoms with E-state index in [1.807, 2.05) is 6.92 Å². The molecular formula is C16H21N5O2. The van der Waals surface area contributed by atoms with Gasteiger partial charge in [-0.2, -0.15) is 5.10 Å². The summed E-state index contributed by atoms with van der Waals surface area (Å²) in [5.41, 5.74) is 0.646. The summed E-state index contributed by atoms with van der Waals surface area (Å²) in [6.45, 7) is 4.78. The van der Waals surface area contributed by atoms with Crippen molar-refractivity contribution < 1.29 is 0 Å². The summed E-state index contributed by atoms with van der Waals surface area (Å²) < 4.78 is 3.15. The van der Waals surface area contributed by atoms with Gasteiger partial charge in [0.1, 0.15) is 0 Å². The zero-order valence-corrected chi connectivity index (χ0v) is 13.3. The molecule has 122 valence electrons. The first-order chi connectivity index (χ1) is 11.1. The lowest BCUT2D eigenvalue weighted by molar-refractivity contribution is 0.216. The number of aryl methyl sites for hydroxylation is 1. The lowest BCUT2D eigenvalue weighted by Crippen LogP contribution is -2.39. The first-order valence-electron chi connectivity index (χ1n) is 7.93. The third-order valence-corrected chi connectivity index (χ3v) is 4.31. The maximum absolute atomic E-state index is 11.9. The van der Waals surface area contributed by atoms with E-state index in [4.69, 9.17) is 0 Å². The molecule has 0 aromatic carbocycles. The van der Waals surface area contributed by atoms with Crippen molar-refractivity contribution in [3.63, 3.8) is 0 Å². The molecule has 0 N–H and O–H groups in total. The van der Waals surface area contributed by atoms with E-state index in [0.717, 1.165) is 31.6 Å². The largest absolute Gasteiger partial charge is 0.298 e. The zero-order chi connectivity index (χ0) is 16.2. The van der Waals surface area contributed by atoms with Gasteiger partial charge in [-0.15, -0.1) is 0 Å². The van der Waals surface area contributed by atoms with Crippen molar-refractivity contribution in [2.24, 2.45) is 0 Å². The molecule has 23 heavy (non-hydrogen) atoms. The normalized spacial score (nSPS) is 18.4. The molecule has 0 radical (unpaired) electrons. The average molecular weight is 315 g/mol. The predicted octanol–water partition coefficient (Wildman–Crippen LogP) is 0.273. The van der Waals surface area contributed by atoms with Gasteiger partial charge in [-0.25, -0.2) is 9.67 Å². The molecule has 0 bridgehead atoms. The van der Waals surface area contributed by atoms with Gasteiger partial charge in [-0.05, 0) is 32.4 Å². The van der Waals surface area contributed by atoms with E-state index in [2.05, 4.69) is 15.0 Å². The Morgan fingerprint density at radius 3 is 2.91 bits per heavy atom. The van der Waals surface area contributed by atoms with E-state index in [9.17, 15) is 9.59 Å². The summed E-state index contributed by atoms with van der Waals surface area (Å²) in [6, 6.07) is 5.03. The van der Waals surface area contributed by atoms with Gasteiger partial charge in [0.05, 0.1) is 12.9 Å². The molecule has 0 amide bonds. The number of nitrogens with zero attached hydrogens (tertiary/aromatic N) is 5. The van der Waals surface area contributed by atoms with Crippen molar-refractivity contribution in [3.8, 4) is 0 Å².